The molecule has 0 spiro atoms. The Morgan fingerprint density at radius 3 is 2.63 bits per heavy atom. The van der Waals surface area contributed by atoms with Gasteiger partial charge in [-0.1, -0.05) is 6.07 Å². The van der Waals surface area contributed by atoms with Gasteiger partial charge in [-0.05, 0) is 18.6 Å². The van der Waals surface area contributed by atoms with Crippen LogP contribution in [-0.2, 0) is 16.1 Å². The molecule has 1 aromatic heterocycles. The lowest BCUT2D eigenvalue weighted by Crippen LogP contribution is -2.38. The average molecular weight is 263 g/mol. The number of amides is 3. The van der Waals surface area contributed by atoms with Crippen LogP contribution in [0.4, 0.5) is 4.79 Å². The zero-order valence-corrected chi connectivity index (χ0v) is 10.2. The molecule has 0 radical (unpaired) electrons. The summed E-state index contributed by atoms with van der Waals surface area (Å²) in [5.74, 6) is -2.07. The molecule has 0 saturated carbocycles. The Hall–Kier alpha value is -2.70. The van der Waals surface area contributed by atoms with Crippen molar-refractivity contribution in [1.29, 1.82) is 0 Å². The quantitative estimate of drug-likeness (QED) is 0.679. The molecule has 19 heavy (non-hydrogen) atoms. The van der Waals surface area contributed by atoms with Gasteiger partial charge in [0.15, 0.2) is 0 Å². The summed E-state index contributed by atoms with van der Waals surface area (Å²) in [7, 11) is 0. The highest BCUT2D eigenvalue weighted by Gasteiger charge is 2.04. The molecule has 0 fully saturated rings. The molecular formula is C12H13N3O4. The summed E-state index contributed by atoms with van der Waals surface area (Å²) in [6.45, 7) is 2.06. The van der Waals surface area contributed by atoms with Crippen molar-refractivity contribution in [1.82, 2.24) is 15.6 Å². The summed E-state index contributed by atoms with van der Waals surface area (Å²) in [4.78, 5) is 36.6. The number of aromatic nitrogens is 1. The van der Waals surface area contributed by atoms with Crippen LogP contribution in [0.3, 0.4) is 0 Å². The number of imide groups is 1. The van der Waals surface area contributed by atoms with Crippen LogP contribution in [0.1, 0.15) is 11.3 Å². The molecule has 1 heterocycles. The molecule has 1 rings (SSSR count). The molecule has 0 unspecified atom stereocenters. The molecule has 0 aromatic carbocycles. The molecule has 100 valence electrons. The van der Waals surface area contributed by atoms with Crippen LogP contribution < -0.4 is 10.6 Å². The molecule has 1 aromatic rings. The van der Waals surface area contributed by atoms with Gasteiger partial charge >= 0.3 is 12.0 Å². The first kappa shape index (κ1) is 14.4. The molecular weight excluding hydrogens is 250 g/mol. The summed E-state index contributed by atoms with van der Waals surface area (Å²) < 4.78 is 0. The highest BCUT2D eigenvalue weighted by molar-refractivity contribution is 6.02. The Bertz CT molecular complexity index is 508. The number of nitrogens with one attached hydrogen (secondary N) is 2. The normalized spacial score (nSPS) is 10.2. The van der Waals surface area contributed by atoms with E-state index in [9.17, 15) is 14.4 Å². The number of hydrogen-bond acceptors (Lipinski definition) is 4. The highest BCUT2D eigenvalue weighted by Crippen LogP contribution is 1.98. The summed E-state index contributed by atoms with van der Waals surface area (Å²) >= 11 is 0. The number of rotatable bonds is 4. The van der Waals surface area contributed by atoms with Crippen LogP contribution in [0.5, 0.6) is 0 Å². The third-order valence-corrected chi connectivity index (χ3v) is 2.04. The van der Waals surface area contributed by atoms with E-state index in [1.807, 2.05) is 12.2 Å². The van der Waals surface area contributed by atoms with Gasteiger partial charge in [-0.3, -0.25) is 15.1 Å². The van der Waals surface area contributed by atoms with Crippen molar-refractivity contribution in [2.45, 2.75) is 13.5 Å². The Balaban J connectivity index is 2.37. The first-order valence-electron chi connectivity index (χ1n) is 5.38. The van der Waals surface area contributed by atoms with Crippen molar-refractivity contribution in [2.24, 2.45) is 0 Å². The van der Waals surface area contributed by atoms with E-state index < -0.39 is 17.9 Å². The number of hydrogen-bond donors (Lipinski definition) is 3. The minimum atomic E-state index is -1.26. The third kappa shape index (κ3) is 5.97. The summed E-state index contributed by atoms with van der Waals surface area (Å²) in [5, 5.41) is 12.7. The van der Waals surface area contributed by atoms with E-state index in [1.54, 1.807) is 18.3 Å². The molecule has 7 heteroatoms. The number of pyridine rings is 1. The van der Waals surface area contributed by atoms with Crippen molar-refractivity contribution in [3.63, 3.8) is 0 Å². The molecule has 3 amide bonds. The minimum Gasteiger partial charge on any atom is -0.478 e. The van der Waals surface area contributed by atoms with E-state index in [0.29, 0.717) is 6.08 Å². The van der Waals surface area contributed by atoms with Gasteiger partial charge in [0.05, 0.1) is 0 Å². The van der Waals surface area contributed by atoms with Gasteiger partial charge in [0.2, 0.25) is 0 Å². The zero-order chi connectivity index (χ0) is 14.3. The van der Waals surface area contributed by atoms with Crippen LogP contribution >= 0.6 is 0 Å². The fraction of sp³-hybridized carbons (Fsp3) is 0.167. The molecule has 0 aliphatic heterocycles. The second kappa shape index (κ2) is 6.90. The number of carboxylic acids is 1. The largest absolute Gasteiger partial charge is 0.478 e. The van der Waals surface area contributed by atoms with Crippen molar-refractivity contribution < 1.29 is 19.5 Å². The first-order valence-corrected chi connectivity index (χ1v) is 5.38. The van der Waals surface area contributed by atoms with E-state index in [2.05, 4.69) is 10.3 Å². The number of carbonyl (C=O) groups is 3. The molecule has 0 aliphatic rings. The number of urea groups is 1. The highest BCUT2D eigenvalue weighted by atomic mass is 16.4. The maximum Gasteiger partial charge on any atom is 0.328 e. The van der Waals surface area contributed by atoms with Crippen molar-refractivity contribution in [3.05, 3.63) is 41.7 Å². The van der Waals surface area contributed by atoms with Gasteiger partial charge in [0.1, 0.15) is 0 Å². The van der Waals surface area contributed by atoms with Crippen molar-refractivity contribution in [2.75, 3.05) is 0 Å². The van der Waals surface area contributed by atoms with Crippen LogP contribution in [0.15, 0.2) is 30.5 Å². The number of aryl methyl sites for hydroxylation is 1. The number of aliphatic carboxylic acids is 1. The lowest BCUT2D eigenvalue weighted by molar-refractivity contribution is -0.131. The smallest absolute Gasteiger partial charge is 0.328 e. The van der Waals surface area contributed by atoms with Crippen LogP contribution in [0, 0.1) is 6.92 Å². The fourth-order valence-electron chi connectivity index (χ4n) is 1.13. The molecule has 0 atom stereocenters. The van der Waals surface area contributed by atoms with Crippen LogP contribution in [0.25, 0.3) is 0 Å². The predicted octanol–water partition coefficient (Wildman–Crippen LogP) is 0.357. The molecule has 0 bridgehead atoms. The van der Waals surface area contributed by atoms with E-state index >= 15 is 0 Å². The average Bonchev–Trinajstić information content (AvgIpc) is 2.36. The standard InChI is InChI=1S/C12H13N3O4/c1-8-2-3-9(6-13-8)7-14-12(19)15-10(16)4-5-11(17)18/h2-6H,7H2,1H3,(H,17,18)(H2,14,15,16,19). The van der Waals surface area contributed by atoms with Crippen LogP contribution in [-0.4, -0.2) is 28.0 Å². The SMILES string of the molecule is Cc1ccc(CNC(=O)NC(=O)C=CC(=O)O)cn1. The number of carbonyl (C=O) groups excluding carboxylic acids is 2. The Morgan fingerprint density at radius 1 is 1.32 bits per heavy atom. The Morgan fingerprint density at radius 2 is 2.05 bits per heavy atom. The van der Waals surface area contributed by atoms with Gasteiger partial charge in [-0.25, -0.2) is 9.59 Å². The Labute approximate surface area is 109 Å². The summed E-state index contributed by atoms with van der Waals surface area (Å²) in [5.41, 5.74) is 1.65. The van der Waals surface area contributed by atoms with Crippen molar-refractivity contribution >= 4 is 17.9 Å². The van der Waals surface area contributed by atoms with Crippen molar-refractivity contribution in [3.8, 4) is 0 Å². The van der Waals surface area contributed by atoms with E-state index in [0.717, 1.165) is 17.3 Å². The van der Waals surface area contributed by atoms with Gasteiger partial charge < -0.3 is 10.4 Å². The predicted molar refractivity (Wildman–Crippen MR) is 66.1 cm³/mol. The van der Waals surface area contributed by atoms with Crippen LogP contribution in [0.2, 0.25) is 0 Å². The van der Waals surface area contributed by atoms with E-state index in [1.165, 1.54) is 0 Å². The fourth-order valence-corrected chi connectivity index (χ4v) is 1.13. The summed E-state index contributed by atoms with van der Waals surface area (Å²) in [6, 6.07) is 2.89. The van der Waals surface area contributed by atoms with Gasteiger partial charge in [-0.15, -0.1) is 0 Å². The molecule has 3 N–H and O–H groups in total. The summed E-state index contributed by atoms with van der Waals surface area (Å²) in [6.07, 6.45) is 3.02. The second-order valence-corrected chi connectivity index (χ2v) is 3.65. The zero-order valence-electron chi connectivity index (χ0n) is 10.2. The first-order chi connectivity index (χ1) is 8.97. The maximum atomic E-state index is 11.3. The number of carboxylic acid groups (broad SMARTS) is 1. The van der Waals surface area contributed by atoms with E-state index in [4.69, 9.17) is 5.11 Å². The van der Waals surface area contributed by atoms with E-state index in [-0.39, 0.29) is 6.54 Å². The lowest BCUT2D eigenvalue weighted by atomic mass is 10.2. The Kier molecular flexibility index (Phi) is 5.21. The van der Waals surface area contributed by atoms with Gasteiger partial charge in [-0.2, -0.15) is 0 Å². The molecule has 7 nitrogen and oxygen atoms in total. The minimum absolute atomic E-state index is 0.217. The maximum absolute atomic E-state index is 11.3. The van der Waals surface area contributed by atoms with Gasteiger partial charge in [0, 0.05) is 30.6 Å². The molecule has 0 aliphatic carbocycles. The second-order valence-electron chi connectivity index (χ2n) is 3.65. The van der Waals surface area contributed by atoms with Gasteiger partial charge in [0.25, 0.3) is 5.91 Å². The monoisotopic (exact) mass is 263 g/mol. The molecule has 0 saturated heterocycles. The lowest BCUT2D eigenvalue weighted by Gasteiger charge is -2.05. The topological polar surface area (TPSA) is 108 Å². The number of nitrogens with zero attached hydrogens (tertiary/aromatic N) is 1. The third-order valence-electron chi connectivity index (χ3n) is 2.04.